The summed E-state index contributed by atoms with van der Waals surface area (Å²) in [5.41, 5.74) is 3.02. The maximum atomic E-state index is 10.0. The Labute approximate surface area is 147 Å². The summed E-state index contributed by atoms with van der Waals surface area (Å²) in [6, 6.07) is 7.98. The van der Waals surface area contributed by atoms with Crippen LogP contribution in [0.3, 0.4) is 0 Å². The standard InChI is InChI=1S/C22H33NO/c1-3-4-5-6-7-8-9-10-11-12-13-19-15-17-21(24)22-20(19)16-14-18(2)23-22/h14-17,24H,3-13H2,1-2H3. The lowest BCUT2D eigenvalue weighted by Gasteiger charge is -2.08. The van der Waals surface area contributed by atoms with Crippen molar-refractivity contribution in [1.82, 2.24) is 4.98 Å². The minimum absolute atomic E-state index is 0.292. The van der Waals surface area contributed by atoms with Crippen LogP contribution in [-0.2, 0) is 6.42 Å². The molecule has 0 fully saturated rings. The molecule has 1 N–H and O–H groups in total. The van der Waals surface area contributed by atoms with Crippen LogP contribution in [0, 0.1) is 6.92 Å². The minimum atomic E-state index is 0.292. The third-order valence-electron chi connectivity index (χ3n) is 4.87. The summed E-state index contributed by atoms with van der Waals surface area (Å²) in [4.78, 5) is 4.49. The average Bonchev–Trinajstić information content (AvgIpc) is 2.58. The Balaban J connectivity index is 1.70. The van der Waals surface area contributed by atoms with E-state index in [1.54, 1.807) is 6.07 Å². The Kier molecular flexibility index (Phi) is 8.07. The Hall–Kier alpha value is -1.57. The van der Waals surface area contributed by atoms with Gasteiger partial charge in [-0.2, -0.15) is 0 Å². The summed E-state index contributed by atoms with van der Waals surface area (Å²) in [5, 5.41) is 11.1. The second-order valence-electron chi connectivity index (χ2n) is 7.02. The first-order valence-electron chi connectivity index (χ1n) is 9.80. The highest BCUT2D eigenvalue weighted by Gasteiger charge is 2.06. The molecule has 132 valence electrons. The highest BCUT2D eigenvalue weighted by molar-refractivity contribution is 5.87. The van der Waals surface area contributed by atoms with E-state index in [1.807, 2.05) is 13.0 Å². The van der Waals surface area contributed by atoms with E-state index in [2.05, 4.69) is 24.0 Å². The largest absolute Gasteiger partial charge is 0.506 e. The first-order valence-corrected chi connectivity index (χ1v) is 9.80. The zero-order valence-electron chi connectivity index (χ0n) is 15.5. The van der Waals surface area contributed by atoms with Gasteiger partial charge in [0.05, 0.1) is 0 Å². The van der Waals surface area contributed by atoms with E-state index < -0.39 is 0 Å². The summed E-state index contributed by atoms with van der Waals surface area (Å²) < 4.78 is 0. The molecule has 24 heavy (non-hydrogen) atoms. The molecule has 0 atom stereocenters. The predicted molar refractivity (Wildman–Crippen MR) is 104 cm³/mol. The molecule has 1 heterocycles. The van der Waals surface area contributed by atoms with Crippen molar-refractivity contribution < 1.29 is 5.11 Å². The molecule has 0 aliphatic heterocycles. The molecule has 0 aliphatic carbocycles. The van der Waals surface area contributed by atoms with Crippen molar-refractivity contribution >= 4 is 10.9 Å². The maximum Gasteiger partial charge on any atom is 0.141 e. The molecule has 0 aliphatic rings. The summed E-state index contributed by atoms with van der Waals surface area (Å²) in [5.74, 6) is 0.292. The number of unbranched alkanes of at least 4 members (excludes halogenated alkanes) is 9. The van der Waals surface area contributed by atoms with Crippen LogP contribution in [0.2, 0.25) is 0 Å². The van der Waals surface area contributed by atoms with Crippen LogP contribution in [0.25, 0.3) is 10.9 Å². The monoisotopic (exact) mass is 327 g/mol. The molecule has 2 rings (SSSR count). The number of aromatic hydroxyl groups is 1. The van der Waals surface area contributed by atoms with Crippen LogP contribution >= 0.6 is 0 Å². The van der Waals surface area contributed by atoms with Gasteiger partial charge in [0.1, 0.15) is 11.3 Å². The van der Waals surface area contributed by atoms with Crippen LogP contribution in [0.1, 0.15) is 82.4 Å². The molecule has 2 nitrogen and oxygen atoms in total. The summed E-state index contributed by atoms with van der Waals surface area (Å²) in [6.07, 6.45) is 14.7. The molecule has 0 bridgehead atoms. The highest BCUT2D eigenvalue weighted by atomic mass is 16.3. The number of aryl methyl sites for hydroxylation is 2. The number of nitrogens with zero attached hydrogens (tertiary/aromatic N) is 1. The predicted octanol–water partition coefficient (Wildman–Crippen LogP) is 6.71. The number of rotatable bonds is 11. The van der Waals surface area contributed by atoms with Gasteiger partial charge in [-0.3, -0.25) is 0 Å². The number of phenolic OH excluding ortho intramolecular Hbond substituents is 1. The molecule has 0 saturated carbocycles. The molecule has 2 aromatic rings. The lowest BCUT2D eigenvalue weighted by molar-refractivity contribution is 0.480. The summed E-state index contributed by atoms with van der Waals surface area (Å²) >= 11 is 0. The van der Waals surface area contributed by atoms with Crippen molar-refractivity contribution in [1.29, 1.82) is 0 Å². The number of hydrogen-bond donors (Lipinski definition) is 1. The van der Waals surface area contributed by atoms with Gasteiger partial charge in [0, 0.05) is 11.1 Å². The van der Waals surface area contributed by atoms with Crippen molar-refractivity contribution in [2.24, 2.45) is 0 Å². The van der Waals surface area contributed by atoms with Gasteiger partial charge in [0.25, 0.3) is 0 Å². The first kappa shape index (κ1) is 18.8. The normalized spacial score (nSPS) is 11.2. The van der Waals surface area contributed by atoms with E-state index in [0.717, 1.165) is 23.0 Å². The SMILES string of the molecule is CCCCCCCCCCCCc1ccc(O)c2nc(C)ccc12. The van der Waals surface area contributed by atoms with Gasteiger partial charge in [-0.15, -0.1) is 0 Å². The third kappa shape index (κ3) is 5.81. The smallest absolute Gasteiger partial charge is 0.141 e. The van der Waals surface area contributed by atoms with E-state index in [0.29, 0.717) is 5.75 Å². The Morgan fingerprint density at radius 2 is 1.42 bits per heavy atom. The molecule has 0 unspecified atom stereocenters. The summed E-state index contributed by atoms with van der Waals surface area (Å²) in [6.45, 7) is 4.24. The number of aromatic nitrogens is 1. The molecule has 0 amide bonds. The van der Waals surface area contributed by atoms with E-state index in [-0.39, 0.29) is 0 Å². The number of fused-ring (bicyclic) bond motifs is 1. The van der Waals surface area contributed by atoms with E-state index in [4.69, 9.17) is 0 Å². The fourth-order valence-electron chi connectivity index (χ4n) is 3.38. The van der Waals surface area contributed by atoms with E-state index in [9.17, 15) is 5.11 Å². The van der Waals surface area contributed by atoms with Gasteiger partial charge in [-0.05, 0) is 37.5 Å². The Morgan fingerprint density at radius 3 is 2.08 bits per heavy atom. The molecule has 0 radical (unpaired) electrons. The fraction of sp³-hybridized carbons (Fsp3) is 0.591. The lowest BCUT2D eigenvalue weighted by Crippen LogP contribution is -1.92. The van der Waals surface area contributed by atoms with Gasteiger partial charge in [-0.25, -0.2) is 4.98 Å². The fourth-order valence-corrected chi connectivity index (χ4v) is 3.38. The van der Waals surface area contributed by atoms with Crippen LogP contribution in [0.4, 0.5) is 0 Å². The second-order valence-corrected chi connectivity index (χ2v) is 7.02. The Bertz CT molecular complexity index is 621. The highest BCUT2D eigenvalue weighted by Crippen LogP contribution is 2.27. The van der Waals surface area contributed by atoms with Gasteiger partial charge < -0.3 is 5.11 Å². The van der Waals surface area contributed by atoms with E-state index >= 15 is 0 Å². The van der Waals surface area contributed by atoms with Gasteiger partial charge in [0.2, 0.25) is 0 Å². The van der Waals surface area contributed by atoms with Gasteiger partial charge in [-0.1, -0.05) is 76.8 Å². The third-order valence-corrected chi connectivity index (χ3v) is 4.87. The molecular formula is C22H33NO. The molecule has 1 aromatic heterocycles. The molecule has 1 aromatic carbocycles. The van der Waals surface area contributed by atoms with Crippen molar-refractivity contribution in [2.45, 2.75) is 84.5 Å². The Morgan fingerprint density at radius 1 is 0.792 bits per heavy atom. The quantitative estimate of drug-likeness (QED) is 0.465. The molecule has 0 saturated heterocycles. The number of hydrogen-bond acceptors (Lipinski definition) is 2. The first-order chi connectivity index (χ1) is 11.7. The van der Waals surface area contributed by atoms with Gasteiger partial charge in [0.15, 0.2) is 0 Å². The number of pyridine rings is 1. The lowest BCUT2D eigenvalue weighted by atomic mass is 10.00. The second kappa shape index (κ2) is 10.3. The minimum Gasteiger partial charge on any atom is -0.506 e. The zero-order chi connectivity index (χ0) is 17.2. The zero-order valence-corrected chi connectivity index (χ0v) is 15.5. The van der Waals surface area contributed by atoms with Crippen molar-refractivity contribution in [2.75, 3.05) is 0 Å². The van der Waals surface area contributed by atoms with Crippen LogP contribution in [0.15, 0.2) is 24.3 Å². The van der Waals surface area contributed by atoms with Crippen molar-refractivity contribution in [3.63, 3.8) is 0 Å². The number of phenols is 1. The maximum absolute atomic E-state index is 10.0. The topological polar surface area (TPSA) is 33.1 Å². The average molecular weight is 328 g/mol. The van der Waals surface area contributed by atoms with Gasteiger partial charge >= 0.3 is 0 Å². The molecular weight excluding hydrogens is 294 g/mol. The molecule has 0 spiro atoms. The van der Waals surface area contributed by atoms with Crippen molar-refractivity contribution in [3.05, 3.63) is 35.5 Å². The van der Waals surface area contributed by atoms with E-state index in [1.165, 1.54) is 69.8 Å². The van der Waals surface area contributed by atoms with Crippen LogP contribution in [0.5, 0.6) is 5.75 Å². The molecule has 2 heteroatoms. The summed E-state index contributed by atoms with van der Waals surface area (Å²) in [7, 11) is 0. The van der Waals surface area contributed by atoms with Crippen LogP contribution < -0.4 is 0 Å². The van der Waals surface area contributed by atoms with Crippen molar-refractivity contribution in [3.8, 4) is 5.75 Å². The van der Waals surface area contributed by atoms with Crippen LogP contribution in [-0.4, -0.2) is 10.1 Å². The number of benzene rings is 1.